The molecule has 6 heteroatoms. The van der Waals surface area contributed by atoms with Crippen molar-refractivity contribution in [1.29, 1.82) is 0 Å². The highest BCUT2D eigenvalue weighted by Gasteiger charge is 2.38. The lowest BCUT2D eigenvalue weighted by Gasteiger charge is -2.29. The van der Waals surface area contributed by atoms with E-state index in [4.69, 9.17) is 9.47 Å². The Labute approximate surface area is 141 Å². The summed E-state index contributed by atoms with van der Waals surface area (Å²) in [7, 11) is 0. The van der Waals surface area contributed by atoms with Crippen LogP contribution in [0.3, 0.4) is 0 Å². The minimum atomic E-state index is -0.450. The summed E-state index contributed by atoms with van der Waals surface area (Å²) < 4.78 is 11.1. The number of carbonyl (C=O) groups is 2. The average Bonchev–Trinajstić information content (AvgIpc) is 2.79. The Hall–Kier alpha value is -2.08. The fraction of sp³-hybridized carbons (Fsp3) is 0.556. The lowest BCUT2D eigenvalue weighted by atomic mass is 10.1. The van der Waals surface area contributed by atoms with E-state index in [2.05, 4.69) is 4.90 Å². The van der Waals surface area contributed by atoms with Gasteiger partial charge >= 0.3 is 5.91 Å². The summed E-state index contributed by atoms with van der Waals surface area (Å²) in [6.07, 6.45) is 6.05. The number of carbonyl (C=O) groups excluding carboxylic acids is 2. The summed E-state index contributed by atoms with van der Waals surface area (Å²) in [5, 5.41) is 0. The summed E-state index contributed by atoms with van der Waals surface area (Å²) in [5.74, 6) is 0.262. The first-order chi connectivity index (χ1) is 11.7. The Morgan fingerprint density at radius 3 is 2.21 bits per heavy atom. The molecule has 0 atom stereocenters. The molecule has 3 aliphatic rings. The second-order valence-electron chi connectivity index (χ2n) is 6.60. The van der Waals surface area contributed by atoms with Crippen molar-refractivity contribution in [3.05, 3.63) is 17.7 Å². The van der Waals surface area contributed by atoms with Crippen molar-refractivity contribution in [3.8, 4) is 11.5 Å². The number of fused-ring (bicyclic) bond motifs is 2. The number of ether oxygens (including phenoxy) is 2. The van der Waals surface area contributed by atoms with E-state index in [-0.39, 0.29) is 0 Å². The van der Waals surface area contributed by atoms with Crippen molar-refractivity contribution in [3.63, 3.8) is 0 Å². The molecular weight excluding hydrogens is 308 g/mol. The summed E-state index contributed by atoms with van der Waals surface area (Å²) in [6, 6.07) is 3.42. The molecule has 128 valence electrons. The van der Waals surface area contributed by atoms with Crippen LogP contribution in [0.2, 0.25) is 0 Å². The normalized spacial score (nSPS) is 21.4. The van der Waals surface area contributed by atoms with Crippen LogP contribution in [0.15, 0.2) is 12.1 Å². The Kier molecular flexibility index (Phi) is 4.14. The number of amides is 1. The Bertz CT molecular complexity index is 665. The third-order valence-corrected chi connectivity index (χ3v) is 4.93. The zero-order valence-corrected chi connectivity index (χ0v) is 13.8. The largest absolute Gasteiger partial charge is 0.486 e. The number of nitrogens with zero attached hydrogens (tertiary/aromatic N) is 2. The van der Waals surface area contributed by atoms with Gasteiger partial charge in [0.15, 0.2) is 11.5 Å². The van der Waals surface area contributed by atoms with Crippen molar-refractivity contribution in [2.24, 2.45) is 0 Å². The molecule has 1 amide bonds. The quantitative estimate of drug-likeness (QED) is 0.778. The molecule has 1 aromatic rings. The average molecular weight is 330 g/mol. The lowest BCUT2D eigenvalue weighted by Crippen LogP contribution is -2.42. The smallest absolute Gasteiger partial charge is 0.300 e. The second kappa shape index (κ2) is 6.43. The van der Waals surface area contributed by atoms with Gasteiger partial charge in [0.25, 0.3) is 5.78 Å². The van der Waals surface area contributed by atoms with Crippen molar-refractivity contribution < 1.29 is 19.1 Å². The molecule has 0 radical (unpaired) electrons. The van der Waals surface area contributed by atoms with E-state index in [1.54, 1.807) is 17.0 Å². The van der Waals surface area contributed by atoms with Gasteiger partial charge in [-0.3, -0.25) is 19.4 Å². The highest BCUT2D eigenvalue weighted by atomic mass is 16.6. The number of anilines is 1. The first kappa shape index (κ1) is 15.4. The first-order valence-electron chi connectivity index (χ1n) is 8.76. The van der Waals surface area contributed by atoms with Gasteiger partial charge in [0.1, 0.15) is 13.2 Å². The highest BCUT2D eigenvalue weighted by Crippen LogP contribution is 2.40. The summed E-state index contributed by atoms with van der Waals surface area (Å²) in [6.45, 7) is 3.36. The molecule has 0 bridgehead atoms. The second-order valence-corrected chi connectivity index (χ2v) is 6.60. The van der Waals surface area contributed by atoms with E-state index >= 15 is 0 Å². The fourth-order valence-electron chi connectivity index (χ4n) is 3.63. The van der Waals surface area contributed by atoms with Crippen molar-refractivity contribution in [1.82, 2.24) is 4.90 Å². The zero-order valence-electron chi connectivity index (χ0n) is 13.8. The zero-order chi connectivity index (χ0) is 16.5. The summed E-state index contributed by atoms with van der Waals surface area (Å²) in [5.41, 5.74) is 1.08. The predicted molar refractivity (Wildman–Crippen MR) is 88.8 cm³/mol. The lowest BCUT2D eigenvalue weighted by molar-refractivity contribution is -0.114. The Morgan fingerprint density at radius 2 is 1.50 bits per heavy atom. The van der Waals surface area contributed by atoms with E-state index < -0.39 is 11.7 Å². The molecule has 0 spiro atoms. The van der Waals surface area contributed by atoms with Crippen LogP contribution in [-0.2, 0) is 4.79 Å². The molecule has 0 saturated carbocycles. The van der Waals surface area contributed by atoms with Gasteiger partial charge in [-0.15, -0.1) is 0 Å². The monoisotopic (exact) mass is 330 g/mol. The molecule has 24 heavy (non-hydrogen) atoms. The molecule has 0 aliphatic carbocycles. The number of likely N-dealkylation sites (tertiary alicyclic amines) is 1. The topological polar surface area (TPSA) is 59.1 Å². The molecule has 0 N–H and O–H groups in total. The molecule has 4 rings (SSSR count). The van der Waals surface area contributed by atoms with E-state index in [0.717, 1.165) is 25.9 Å². The summed E-state index contributed by atoms with van der Waals surface area (Å²) >= 11 is 0. The van der Waals surface area contributed by atoms with Crippen LogP contribution in [0.25, 0.3) is 0 Å². The number of hydrogen-bond donors (Lipinski definition) is 0. The Balaban J connectivity index is 1.60. The maximum Gasteiger partial charge on any atom is 0.300 e. The van der Waals surface area contributed by atoms with Gasteiger partial charge in [0.05, 0.1) is 17.9 Å². The third kappa shape index (κ3) is 2.75. The molecule has 3 aliphatic heterocycles. The maximum atomic E-state index is 12.5. The molecular formula is C18H22N2O4. The SMILES string of the molecule is O=C1C(=O)N(CN2CCCCCCC2)c2cc3c(cc21)OCCO3. The van der Waals surface area contributed by atoms with Crippen LogP contribution in [0.5, 0.6) is 11.5 Å². The van der Waals surface area contributed by atoms with Crippen molar-refractivity contribution in [2.75, 3.05) is 37.9 Å². The van der Waals surface area contributed by atoms with Gasteiger partial charge in [-0.25, -0.2) is 0 Å². The van der Waals surface area contributed by atoms with Gasteiger partial charge in [-0.2, -0.15) is 0 Å². The van der Waals surface area contributed by atoms with Crippen LogP contribution < -0.4 is 14.4 Å². The number of benzene rings is 1. The molecule has 1 fully saturated rings. The molecule has 1 aromatic carbocycles. The van der Waals surface area contributed by atoms with Crippen LogP contribution in [-0.4, -0.2) is 49.6 Å². The molecule has 3 heterocycles. The van der Waals surface area contributed by atoms with Gasteiger partial charge in [0, 0.05) is 6.07 Å². The number of ketones is 1. The van der Waals surface area contributed by atoms with Crippen LogP contribution in [0.1, 0.15) is 42.5 Å². The molecule has 0 aromatic heterocycles. The van der Waals surface area contributed by atoms with E-state index in [1.807, 2.05) is 0 Å². The van der Waals surface area contributed by atoms with Gasteiger partial charge in [-0.1, -0.05) is 19.3 Å². The van der Waals surface area contributed by atoms with E-state index in [1.165, 1.54) is 19.3 Å². The van der Waals surface area contributed by atoms with Gasteiger partial charge < -0.3 is 9.47 Å². The van der Waals surface area contributed by atoms with E-state index in [9.17, 15) is 9.59 Å². The van der Waals surface area contributed by atoms with Crippen LogP contribution in [0, 0.1) is 0 Å². The molecule has 0 unspecified atom stereocenters. The molecule has 6 nitrogen and oxygen atoms in total. The van der Waals surface area contributed by atoms with Crippen LogP contribution >= 0.6 is 0 Å². The van der Waals surface area contributed by atoms with E-state index in [0.29, 0.717) is 42.6 Å². The number of rotatable bonds is 2. The third-order valence-electron chi connectivity index (χ3n) is 4.93. The maximum absolute atomic E-state index is 12.5. The van der Waals surface area contributed by atoms with Crippen LogP contribution in [0.4, 0.5) is 5.69 Å². The standard InChI is InChI=1S/C18H22N2O4/c21-17-13-10-15-16(24-9-8-23-15)11-14(13)20(18(17)22)12-19-6-4-2-1-3-5-7-19/h10-11H,1-9,12H2. The molecule has 1 saturated heterocycles. The number of hydrogen-bond acceptors (Lipinski definition) is 5. The number of Topliss-reactive ketones (excluding diaryl/α,β-unsaturated/α-hetero) is 1. The van der Waals surface area contributed by atoms with Crippen molar-refractivity contribution in [2.45, 2.75) is 32.1 Å². The Morgan fingerprint density at radius 1 is 0.875 bits per heavy atom. The van der Waals surface area contributed by atoms with Gasteiger partial charge in [0.2, 0.25) is 0 Å². The minimum absolute atomic E-state index is 0.427. The summed E-state index contributed by atoms with van der Waals surface area (Å²) in [4.78, 5) is 28.7. The first-order valence-corrected chi connectivity index (χ1v) is 8.76. The fourth-order valence-corrected chi connectivity index (χ4v) is 3.63. The minimum Gasteiger partial charge on any atom is -0.486 e. The highest BCUT2D eigenvalue weighted by molar-refractivity contribution is 6.52. The van der Waals surface area contributed by atoms with Crippen molar-refractivity contribution >= 4 is 17.4 Å². The predicted octanol–water partition coefficient (Wildman–Crippen LogP) is 2.21. The van der Waals surface area contributed by atoms with Gasteiger partial charge in [-0.05, 0) is 32.0 Å².